The second kappa shape index (κ2) is 7.96. The number of methoxy groups -OCH3 is 1. The molecule has 0 aliphatic heterocycles. The molecule has 0 unspecified atom stereocenters. The van der Waals surface area contributed by atoms with Crippen molar-refractivity contribution in [2.75, 3.05) is 7.11 Å². The quantitative estimate of drug-likeness (QED) is 0.535. The predicted molar refractivity (Wildman–Crippen MR) is 107 cm³/mol. The maximum Gasteiger partial charge on any atom is 0.134 e. The van der Waals surface area contributed by atoms with Crippen molar-refractivity contribution in [1.29, 1.82) is 0 Å². The van der Waals surface area contributed by atoms with Gasteiger partial charge in [0.2, 0.25) is 0 Å². The molecule has 0 fully saturated rings. The highest BCUT2D eigenvalue weighted by Crippen LogP contribution is 2.35. The summed E-state index contributed by atoms with van der Waals surface area (Å²) in [5.41, 5.74) is 4.12. The molecule has 0 spiro atoms. The number of fused-ring (bicyclic) bond motifs is 1. The molecule has 0 amide bonds. The van der Waals surface area contributed by atoms with Crippen LogP contribution in [0.1, 0.15) is 30.7 Å². The summed E-state index contributed by atoms with van der Waals surface area (Å²) in [6.45, 7) is 6.92. The Morgan fingerprint density at radius 3 is 2.62 bits per heavy atom. The van der Waals surface area contributed by atoms with Crippen molar-refractivity contribution < 1.29 is 9.47 Å². The van der Waals surface area contributed by atoms with Gasteiger partial charge < -0.3 is 9.47 Å². The highest BCUT2D eigenvalue weighted by atomic mass is 35.5. The van der Waals surface area contributed by atoms with E-state index in [1.165, 1.54) is 0 Å². The number of halogens is 1. The van der Waals surface area contributed by atoms with E-state index in [1.807, 2.05) is 49.4 Å². The van der Waals surface area contributed by atoms with Crippen LogP contribution in [-0.4, -0.2) is 12.1 Å². The van der Waals surface area contributed by atoms with E-state index < -0.39 is 0 Å². The van der Waals surface area contributed by atoms with Gasteiger partial charge in [0.15, 0.2) is 0 Å². The standard InChI is InChI=1S/C22H24ClNO2/c1-14(2)10-19-15(3)24-21-9-8-18(25-4)12-20(21)22(19)26-13-16-6-5-7-17(23)11-16/h5-9,11-12,14H,10,13H2,1-4H3. The zero-order valence-electron chi connectivity index (χ0n) is 15.7. The number of rotatable bonds is 6. The zero-order chi connectivity index (χ0) is 18.7. The summed E-state index contributed by atoms with van der Waals surface area (Å²) >= 11 is 6.10. The Hall–Kier alpha value is -2.26. The molecule has 0 saturated heterocycles. The molecular formula is C22H24ClNO2. The minimum Gasteiger partial charge on any atom is -0.497 e. The van der Waals surface area contributed by atoms with Crippen molar-refractivity contribution in [2.24, 2.45) is 5.92 Å². The number of hydrogen-bond donors (Lipinski definition) is 0. The summed E-state index contributed by atoms with van der Waals surface area (Å²) in [7, 11) is 1.67. The van der Waals surface area contributed by atoms with Gasteiger partial charge in [-0.15, -0.1) is 0 Å². The van der Waals surface area contributed by atoms with Gasteiger partial charge in [0.05, 0.1) is 12.6 Å². The molecule has 1 heterocycles. The topological polar surface area (TPSA) is 31.4 Å². The first-order valence-electron chi connectivity index (χ1n) is 8.82. The van der Waals surface area contributed by atoms with Crippen LogP contribution in [-0.2, 0) is 13.0 Å². The van der Waals surface area contributed by atoms with E-state index in [1.54, 1.807) is 7.11 Å². The van der Waals surface area contributed by atoms with Gasteiger partial charge in [-0.05, 0) is 55.2 Å². The Morgan fingerprint density at radius 1 is 1.12 bits per heavy atom. The molecule has 3 nitrogen and oxygen atoms in total. The minimum atomic E-state index is 0.460. The smallest absolute Gasteiger partial charge is 0.134 e. The zero-order valence-corrected chi connectivity index (χ0v) is 16.4. The largest absolute Gasteiger partial charge is 0.497 e. The number of hydrogen-bond acceptors (Lipinski definition) is 3. The molecule has 0 N–H and O–H groups in total. The molecule has 0 aliphatic carbocycles. The van der Waals surface area contributed by atoms with Gasteiger partial charge in [-0.1, -0.05) is 37.6 Å². The number of aryl methyl sites for hydroxylation is 1. The molecule has 4 heteroatoms. The second-order valence-electron chi connectivity index (χ2n) is 6.90. The van der Waals surface area contributed by atoms with Crippen LogP contribution in [0.2, 0.25) is 5.02 Å². The molecule has 0 radical (unpaired) electrons. The third-order valence-electron chi connectivity index (χ3n) is 4.33. The molecule has 0 bridgehead atoms. The first-order chi connectivity index (χ1) is 12.5. The average Bonchev–Trinajstić information content (AvgIpc) is 2.61. The van der Waals surface area contributed by atoms with E-state index in [0.717, 1.165) is 45.6 Å². The first kappa shape index (κ1) is 18.5. The Morgan fingerprint density at radius 2 is 1.92 bits per heavy atom. The van der Waals surface area contributed by atoms with Crippen LogP contribution in [0.5, 0.6) is 11.5 Å². The summed E-state index contributed by atoms with van der Waals surface area (Å²) in [6.07, 6.45) is 0.914. The van der Waals surface area contributed by atoms with E-state index in [4.69, 9.17) is 26.1 Å². The van der Waals surface area contributed by atoms with Gasteiger partial charge >= 0.3 is 0 Å². The lowest BCUT2D eigenvalue weighted by molar-refractivity contribution is 0.305. The number of ether oxygens (including phenoxy) is 2. The van der Waals surface area contributed by atoms with Gasteiger partial charge in [-0.3, -0.25) is 4.98 Å². The lowest BCUT2D eigenvalue weighted by Gasteiger charge is -2.18. The Bertz CT molecular complexity index is 921. The second-order valence-corrected chi connectivity index (χ2v) is 7.34. The van der Waals surface area contributed by atoms with Crippen LogP contribution < -0.4 is 9.47 Å². The van der Waals surface area contributed by atoms with Crippen molar-refractivity contribution >= 4 is 22.5 Å². The van der Waals surface area contributed by atoms with Gasteiger partial charge in [0.25, 0.3) is 0 Å². The van der Waals surface area contributed by atoms with Crippen LogP contribution in [0.15, 0.2) is 42.5 Å². The highest BCUT2D eigenvalue weighted by molar-refractivity contribution is 6.30. The number of pyridine rings is 1. The third-order valence-corrected chi connectivity index (χ3v) is 4.57. The molecule has 136 valence electrons. The lowest BCUT2D eigenvalue weighted by atomic mass is 9.98. The molecule has 26 heavy (non-hydrogen) atoms. The van der Waals surface area contributed by atoms with Crippen LogP contribution in [0.25, 0.3) is 10.9 Å². The predicted octanol–water partition coefficient (Wildman–Crippen LogP) is 5.98. The van der Waals surface area contributed by atoms with E-state index >= 15 is 0 Å². The fourth-order valence-electron chi connectivity index (χ4n) is 3.09. The van der Waals surface area contributed by atoms with Gasteiger partial charge in [-0.2, -0.15) is 0 Å². The molecule has 0 atom stereocenters. The van der Waals surface area contributed by atoms with Gasteiger partial charge in [0, 0.05) is 21.7 Å². The first-order valence-corrected chi connectivity index (χ1v) is 9.20. The number of aromatic nitrogens is 1. The summed E-state index contributed by atoms with van der Waals surface area (Å²) in [5, 5.41) is 1.69. The fraction of sp³-hybridized carbons (Fsp3) is 0.318. The molecule has 2 aromatic carbocycles. The fourth-order valence-corrected chi connectivity index (χ4v) is 3.31. The molecular weight excluding hydrogens is 346 g/mol. The SMILES string of the molecule is COc1ccc2nc(C)c(CC(C)C)c(OCc3cccc(Cl)c3)c2c1. The van der Waals surface area contributed by atoms with E-state index in [0.29, 0.717) is 17.5 Å². The summed E-state index contributed by atoms with van der Waals surface area (Å²) in [6, 6.07) is 13.7. The van der Waals surface area contributed by atoms with Crippen molar-refractivity contribution in [2.45, 2.75) is 33.8 Å². The van der Waals surface area contributed by atoms with E-state index in [9.17, 15) is 0 Å². The molecule has 1 aromatic heterocycles. The van der Waals surface area contributed by atoms with Crippen LogP contribution in [0, 0.1) is 12.8 Å². The lowest BCUT2D eigenvalue weighted by Crippen LogP contribution is -2.06. The Kier molecular flexibility index (Phi) is 5.67. The monoisotopic (exact) mass is 369 g/mol. The van der Waals surface area contributed by atoms with Crippen molar-refractivity contribution in [1.82, 2.24) is 4.98 Å². The molecule has 3 aromatic rings. The summed E-state index contributed by atoms with van der Waals surface area (Å²) in [5.74, 6) is 2.19. The summed E-state index contributed by atoms with van der Waals surface area (Å²) < 4.78 is 11.7. The van der Waals surface area contributed by atoms with Crippen molar-refractivity contribution in [3.8, 4) is 11.5 Å². The van der Waals surface area contributed by atoms with Crippen molar-refractivity contribution in [3.63, 3.8) is 0 Å². The number of benzene rings is 2. The van der Waals surface area contributed by atoms with Gasteiger partial charge in [-0.25, -0.2) is 0 Å². The minimum absolute atomic E-state index is 0.460. The molecule has 3 rings (SSSR count). The van der Waals surface area contributed by atoms with E-state index in [2.05, 4.69) is 13.8 Å². The Balaban J connectivity index is 2.08. The van der Waals surface area contributed by atoms with Crippen LogP contribution in [0.4, 0.5) is 0 Å². The average molecular weight is 370 g/mol. The van der Waals surface area contributed by atoms with E-state index in [-0.39, 0.29) is 0 Å². The van der Waals surface area contributed by atoms with Crippen LogP contribution in [0.3, 0.4) is 0 Å². The molecule has 0 saturated carbocycles. The van der Waals surface area contributed by atoms with Gasteiger partial charge in [0.1, 0.15) is 18.1 Å². The normalized spacial score (nSPS) is 11.2. The summed E-state index contributed by atoms with van der Waals surface area (Å²) in [4.78, 5) is 4.78. The van der Waals surface area contributed by atoms with Crippen molar-refractivity contribution in [3.05, 3.63) is 64.3 Å². The maximum atomic E-state index is 6.32. The van der Waals surface area contributed by atoms with Crippen LogP contribution >= 0.6 is 11.6 Å². The molecule has 0 aliphatic rings. The Labute approximate surface area is 159 Å². The highest BCUT2D eigenvalue weighted by Gasteiger charge is 2.16. The maximum absolute atomic E-state index is 6.32. The number of nitrogens with zero attached hydrogens (tertiary/aromatic N) is 1. The third kappa shape index (κ3) is 4.10.